The minimum atomic E-state index is -0.496. The van der Waals surface area contributed by atoms with E-state index in [1.165, 1.54) is 34.9 Å². The summed E-state index contributed by atoms with van der Waals surface area (Å²) in [5.74, 6) is 0.345. The van der Waals surface area contributed by atoms with E-state index >= 15 is 0 Å². The van der Waals surface area contributed by atoms with E-state index in [0.29, 0.717) is 22.6 Å². The van der Waals surface area contributed by atoms with Gasteiger partial charge in [-0.05, 0) is 42.0 Å². The predicted octanol–water partition coefficient (Wildman–Crippen LogP) is 3.47. The molecule has 1 heterocycles. The van der Waals surface area contributed by atoms with Crippen molar-refractivity contribution < 1.29 is 19.9 Å². The molecule has 0 aliphatic heterocycles. The summed E-state index contributed by atoms with van der Waals surface area (Å²) in [4.78, 5) is 10.2. The number of rotatable bonds is 4. The lowest BCUT2D eigenvalue weighted by Crippen LogP contribution is -1.93. The highest BCUT2D eigenvalue weighted by Gasteiger charge is 2.17. The van der Waals surface area contributed by atoms with Crippen LogP contribution in [-0.2, 0) is 0 Å². The Labute approximate surface area is 137 Å². The molecular weight excluding hydrogens is 312 g/mol. The fourth-order valence-electron chi connectivity index (χ4n) is 2.45. The smallest absolute Gasteiger partial charge is 0.269 e. The van der Waals surface area contributed by atoms with E-state index in [2.05, 4.69) is 0 Å². The third-order valence-corrected chi connectivity index (χ3v) is 3.67. The Bertz CT molecular complexity index is 883. The van der Waals surface area contributed by atoms with Gasteiger partial charge in [-0.2, -0.15) is 0 Å². The topological polar surface area (TPSA) is 97.8 Å². The highest BCUT2D eigenvalue weighted by atomic mass is 16.6. The van der Waals surface area contributed by atoms with Gasteiger partial charge in [0, 0.05) is 23.8 Å². The molecular formula is C17H14N2O5. The highest BCUT2D eigenvalue weighted by Crippen LogP contribution is 2.38. The van der Waals surface area contributed by atoms with Crippen molar-refractivity contribution in [3.05, 3.63) is 64.7 Å². The van der Waals surface area contributed by atoms with Crippen molar-refractivity contribution in [2.75, 3.05) is 7.11 Å². The van der Waals surface area contributed by atoms with E-state index in [4.69, 9.17) is 4.74 Å². The van der Waals surface area contributed by atoms with Gasteiger partial charge in [0.15, 0.2) is 5.88 Å². The van der Waals surface area contributed by atoms with Gasteiger partial charge in [0.25, 0.3) is 5.69 Å². The van der Waals surface area contributed by atoms with Crippen LogP contribution in [0.5, 0.6) is 17.5 Å². The number of methoxy groups -OCH3 is 1. The van der Waals surface area contributed by atoms with E-state index in [1.807, 2.05) is 0 Å². The molecule has 0 aliphatic rings. The summed E-state index contributed by atoms with van der Waals surface area (Å²) in [6.07, 6.45) is 0. The van der Waals surface area contributed by atoms with Crippen LogP contribution in [0.2, 0.25) is 0 Å². The summed E-state index contributed by atoms with van der Waals surface area (Å²) in [7, 11) is 1.55. The molecule has 122 valence electrons. The number of hydrogen-bond donors (Lipinski definition) is 2. The zero-order valence-corrected chi connectivity index (χ0v) is 12.7. The molecule has 0 fully saturated rings. The van der Waals surface area contributed by atoms with Crippen LogP contribution in [0.4, 0.5) is 5.69 Å². The number of benzene rings is 2. The minimum absolute atomic E-state index is 0.0444. The number of ether oxygens (including phenoxy) is 1. The lowest BCUT2D eigenvalue weighted by molar-refractivity contribution is -0.384. The standard InChI is InChI=1S/C17H14N2O5/c1-24-14-8-6-12(7-9-14)18-16(20)10-15(17(18)21)11-2-4-13(5-3-11)19(22)23/h2-10,20-21H,1H3. The van der Waals surface area contributed by atoms with Crippen molar-refractivity contribution in [3.63, 3.8) is 0 Å². The van der Waals surface area contributed by atoms with E-state index in [1.54, 1.807) is 31.4 Å². The van der Waals surface area contributed by atoms with Gasteiger partial charge in [0.05, 0.1) is 17.7 Å². The van der Waals surface area contributed by atoms with Gasteiger partial charge in [-0.1, -0.05) is 0 Å². The summed E-state index contributed by atoms with van der Waals surface area (Å²) in [6.45, 7) is 0. The van der Waals surface area contributed by atoms with Gasteiger partial charge in [-0.15, -0.1) is 0 Å². The average Bonchev–Trinajstić information content (AvgIpc) is 2.89. The summed E-state index contributed by atoms with van der Waals surface area (Å²) < 4.78 is 6.36. The molecule has 3 aromatic rings. The maximum atomic E-state index is 10.7. The molecule has 0 radical (unpaired) electrons. The van der Waals surface area contributed by atoms with Crippen molar-refractivity contribution in [2.45, 2.75) is 0 Å². The summed E-state index contributed by atoms with van der Waals surface area (Å²) in [5.41, 5.74) is 1.44. The van der Waals surface area contributed by atoms with Crippen LogP contribution in [0.1, 0.15) is 0 Å². The van der Waals surface area contributed by atoms with Crippen LogP contribution in [0.15, 0.2) is 54.6 Å². The molecule has 0 saturated heterocycles. The molecule has 7 nitrogen and oxygen atoms in total. The number of nitro benzene ring substituents is 1. The van der Waals surface area contributed by atoms with Crippen LogP contribution in [0, 0.1) is 10.1 Å². The van der Waals surface area contributed by atoms with Crippen LogP contribution in [0.3, 0.4) is 0 Å². The monoisotopic (exact) mass is 326 g/mol. The third-order valence-electron chi connectivity index (χ3n) is 3.67. The maximum Gasteiger partial charge on any atom is 0.269 e. The Kier molecular flexibility index (Phi) is 3.83. The predicted molar refractivity (Wildman–Crippen MR) is 87.7 cm³/mol. The number of hydrogen-bond acceptors (Lipinski definition) is 5. The van der Waals surface area contributed by atoms with E-state index in [-0.39, 0.29) is 17.4 Å². The van der Waals surface area contributed by atoms with Crippen molar-refractivity contribution in [1.82, 2.24) is 4.57 Å². The Morgan fingerprint density at radius 1 is 1.04 bits per heavy atom. The van der Waals surface area contributed by atoms with Crippen LogP contribution in [-0.4, -0.2) is 26.8 Å². The first-order chi connectivity index (χ1) is 11.5. The van der Waals surface area contributed by atoms with Crippen LogP contribution < -0.4 is 4.74 Å². The first-order valence-electron chi connectivity index (χ1n) is 7.04. The molecule has 0 amide bonds. The van der Waals surface area contributed by atoms with Crippen molar-refractivity contribution in [2.24, 2.45) is 0 Å². The molecule has 0 bridgehead atoms. The molecule has 0 atom stereocenters. The Morgan fingerprint density at radius 2 is 1.67 bits per heavy atom. The van der Waals surface area contributed by atoms with Crippen LogP contribution >= 0.6 is 0 Å². The second-order valence-corrected chi connectivity index (χ2v) is 5.08. The second kappa shape index (κ2) is 5.96. The number of non-ortho nitro benzene ring substituents is 1. The zero-order valence-electron chi connectivity index (χ0n) is 12.7. The Morgan fingerprint density at radius 3 is 2.21 bits per heavy atom. The largest absolute Gasteiger partial charge is 0.497 e. The average molecular weight is 326 g/mol. The molecule has 0 unspecified atom stereocenters. The van der Waals surface area contributed by atoms with Gasteiger partial charge >= 0.3 is 0 Å². The van der Waals surface area contributed by atoms with Gasteiger partial charge in [0.1, 0.15) is 5.75 Å². The van der Waals surface area contributed by atoms with Gasteiger partial charge in [-0.3, -0.25) is 14.7 Å². The van der Waals surface area contributed by atoms with Crippen molar-refractivity contribution >= 4 is 5.69 Å². The van der Waals surface area contributed by atoms with Gasteiger partial charge in [-0.25, -0.2) is 0 Å². The second-order valence-electron chi connectivity index (χ2n) is 5.08. The Balaban J connectivity index is 2.03. The van der Waals surface area contributed by atoms with E-state index < -0.39 is 4.92 Å². The van der Waals surface area contributed by atoms with Gasteiger partial charge < -0.3 is 14.9 Å². The van der Waals surface area contributed by atoms with Crippen molar-refractivity contribution in [1.29, 1.82) is 0 Å². The SMILES string of the molecule is COc1ccc(-n2c(O)cc(-c3ccc([N+](=O)[O-])cc3)c2O)cc1. The van der Waals surface area contributed by atoms with Gasteiger partial charge in [0.2, 0.25) is 5.88 Å². The minimum Gasteiger partial charge on any atom is -0.497 e. The molecule has 0 aliphatic carbocycles. The normalized spacial score (nSPS) is 10.5. The van der Waals surface area contributed by atoms with E-state index in [9.17, 15) is 20.3 Å². The third kappa shape index (κ3) is 2.63. The van der Waals surface area contributed by atoms with Crippen LogP contribution in [0.25, 0.3) is 16.8 Å². The maximum absolute atomic E-state index is 10.7. The summed E-state index contributed by atoms with van der Waals surface area (Å²) in [5, 5.41) is 31.3. The fraction of sp³-hybridized carbons (Fsp3) is 0.0588. The molecule has 3 rings (SSSR count). The fourth-order valence-corrected chi connectivity index (χ4v) is 2.45. The molecule has 0 saturated carbocycles. The molecule has 0 spiro atoms. The van der Waals surface area contributed by atoms with Crippen molar-refractivity contribution in [3.8, 4) is 34.3 Å². The lowest BCUT2D eigenvalue weighted by atomic mass is 10.1. The number of aromatic nitrogens is 1. The molecule has 2 aromatic carbocycles. The molecule has 1 aromatic heterocycles. The highest BCUT2D eigenvalue weighted by molar-refractivity contribution is 5.73. The first kappa shape index (κ1) is 15.4. The van der Waals surface area contributed by atoms with E-state index in [0.717, 1.165) is 0 Å². The summed E-state index contributed by atoms with van der Waals surface area (Å²) >= 11 is 0. The zero-order chi connectivity index (χ0) is 17.3. The molecule has 7 heteroatoms. The summed E-state index contributed by atoms with van der Waals surface area (Å²) in [6, 6.07) is 13.9. The molecule has 2 N–H and O–H groups in total. The molecule has 24 heavy (non-hydrogen) atoms. The Hall–Kier alpha value is -3.48. The first-order valence-corrected chi connectivity index (χ1v) is 7.04. The quantitative estimate of drug-likeness (QED) is 0.565. The lowest BCUT2D eigenvalue weighted by Gasteiger charge is -2.08. The number of aromatic hydroxyl groups is 2. The number of nitrogens with zero attached hydrogens (tertiary/aromatic N) is 2. The number of nitro groups is 1.